The Morgan fingerprint density at radius 1 is 1.20 bits per heavy atom. The number of aliphatic hydroxyl groups is 1. The van der Waals surface area contributed by atoms with Crippen molar-refractivity contribution in [3.63, 3.8) is 0 Å². The highest BCUT2D eigenvalue weighted by Gasteiger charge is 2.50. The van der Waals surface area contributed by atoms with Crippen molar-refractivity contribution >= 4 is 17.2 Å². The first-order valence-electron chi connectivity index (χ1n) is 8.28. The minimum atomic E-state index is -1.04. The van der Waals surface area contributed by atoms with E-state index >= 15 is 0 Å². The fraction of sp³-hybridized carbons (Fsp3) is 0.368. The first kappa shape index (κ1) is 16.5. The molecule has 1 fully saturated rings. The molecule has 6 heteroatoms. The molecule has 1 aliphatic carbocycles. The number of hydrogen-bond acceptors (Lipinski definition) is 3. The van der Waals surface area contributed by atoms with Gasteiger partial charge in [-0.25, -0.2) is 4.39 Å². The van der Waals surface area contributed by atoms with Crippen LogP contribution in [0.3, 0.4) is 0 Å². The fourth-order valence-electron chi connectivity index (χ4n) is 3.73. The van der Waals surface area contributed by atoms with Crippen LogP contribution in [0.1, 0.15) is 43.6 Å². The molecule has 3 aromatic rings. The third-order valence-electron chi connectivity index (χ3n) is 5.06. The van der Waals surface area contributed by atoms with E-state index in [1.165, 1.54) is 0 Å². The van der Waals surface area contributed by atoms with Crippen LogP contribution in [-0.4, -0.2) is 25.9 Å². The summed E-state index contributed by atoms with van der Waals surface area (Å²) >= 11 is 6.01. The van der Waals surface area contributed by atoms with Gasteiger partial charge in [-0.2, -0.15) is 0 Å². The number of fused-ring (bicyclic) bond motifs is 1. The number of nitrogens with zero attached hydrogens (tertiary/aromatic N) is 3. The second-order valence-corrected chi connectivity index (χ2v) is 7.73. The van der Waals surface area contributed by atoms with E-state index in [4.69, 9.17) is 11.6 Å². The molecule has 0 amide bonds. The van der Waals surface area contributed by atoms with Gasteiger partial charge in [0.25, 0.3) is 0 Å². The smallest absolute Gasteiger partial charge is 0.166 e. The SMILES string of the molecule is CC(C)(O)c1cccn2c1nnc2[C@]1(c2ccc(Cl)cc2)C[C@@H](F)C1. The molecular weight excluding hydrogens is 341 g/mol. The van der Waals surface area contributed by atoms with Gasteiger partial charge >= 0.3 is 0 Å². The van der Waals surface area contributed by atoms with Gasteiger partial charge in [-0.1, -0.05) is 29.8 Å². The molecule has 1 aliphatic rings. The van der Waals surface area contributed by atoms with Crippen LogP contribution in [0.5, 0.6) is 0 Å². The highest BCUT2D eigenvalue weighted by atomic mass is 35.5. The average molecular weight is 360 g/mol. The predicted molar refractivity (Wildman–Crippen MR) is 94.6 cm³/mol. The molecule has 4 nitrogen and oxygen atoms in total. The summed E-state index contributed by atoms with van der Waals surface area (Å²) in [5.74, 6) is 0.699. The summed E-state index contributed by atoms with van der Waals surface area (Å²) in [7, 11) is 0. The molecule has 4 rings (SSSR count). The second kappa shape index (κ2) is 5.51. The summed E-state index contributed by atoms with van der Waals surface area (Å²) in [5.41, 5.74) is 0.704. The summed E-state index contributed by atoms with van der Waals surface area (Å²) in [6, 6.07) is 11.2. The summed E-state index contributed by atoms with van der Waals surface area (Å²) in [6.45, 7) is 3.43. The number of benzene rings is 1. The summed E-state index contributed by atoms with van der Waals surface area (Å²) < 4.78 is 15.8. The van der Waals surface area contributed by atoms with Crippen LogP contribution >= 0.6 is 11.6 Å². The van der Waals surface area contributed by atoms with Crippen molar-refractivity contribution in [3.05, 3.63) is 64.6 Å². The first-order valence-corrected chi connectivity index (χ1v) is 8.66. The average Bonchev–Trinajstić information content (AvgIpc) is 2.95. The first-order chi connectivity index (χ1) is 11.8. The van der Waals surface area contributed by atoms with Gasteiger partial charge in [0.15, 0.2) is 5.65 Å². The fourth-order valence-corrected chi connectivity index (χ4v) is 3.86. The lowest BCUT2D eigenvalue weighted by Crippen LogP contribution is -2.45. The number of alkyl halides is 1. The molecule has 2 aromatic heterocycles. The zero-order chi connectivity index (χ0) is 17.8. The molecule has 0 radical (unpaired) electrons. The van der Waals surface area contributed by atoms with E-state index in [-0.39, 0.29) is 0 Å². The zero-order valence-corrected chi connectivity index (χ0v) is 14.8. The molecule has 130 valence electrons. The van der Waals surface area contributed by atoms with E-state index in [1.807, 2.05) is 47.0 Å². The van der Waals surface area contributed by atoms with Crippen molar-refractivity contribution in [1.29, 1.82) is 0 Å². The molecule has 2 heterocycles. The van der Waals surface area contributed by atoms with Crippen molar-refractivity contribution in [1.82, 2.24) is 14.6 Å². The van der Waals surface area contributed by atoms with Gasteiger partial charge in [-0.15, -0.1) is 10.2 Å². The molecule has 1 saturated carbocycles. The molecule has 1 aromatic carbocycles. The van der Waals surface area contributed by atoms with E-state index < -0.39 is 17.2 Å². The lowest BCUT2D eigenvalue weighted by molar-refractivity contribution is 0.0795. The number of aromatic nitrogens is 3. The maximum Gasteiger partial charge on any atom is 0.166 e. The Balaban J connectivity index is 1.91. The summed E-state index contributed by atoms with van der Waals surface area (Å²) in [6.07, 6.45) is 1.73. The largest absolute Gasteiger partial charge is 0.386 e. The van der Waals surface area contributed by atoms with Gasteiger partial charge in [0, 0.05) is 16.8 Å². The lowest BCUT2D eigenvalue weighted by Gasteiger charge is -2.43. The van der Waals surface area contributed by atoms with Crippen LogP contribution in [0.2, 0.25) is 5.02 Å². The quantitative estimate of drug-likeness (QED) is 0.768. The maximum atomic E-state index is 13.9. The third-order valence-corrected chi connectivity index (χ3v) is 5.31. The molecule has 0 atom stereocenters. The lowest BCUT2D eigenvalue weighted by atomic mass is 9.62. The Morgan fingerprint density at radius 2 is 1.88 bits per heavy atom. The van der Waals surface area contributed by atoms with Crippen LogP contribution in [0.25, 0.3) is 5.65 Å². The normalized spacial score (nSPS) is 23.6. The summed E-state index contributed by atoms with van der Waals surface area (Å²) in [5, 5.41) is 19.8. The molecule has 0 spiro atoms. The van der Waals surface area contributed by atoms with Gasteiger partial charge in [0.1, 0.15) is 12.0 Å². The maximum absolute atomic E-state index is 13.9. The molecular formula is C19H19ClFN3O. The second-order valence-electron chi connectivity index (χ2n) is 7.29. The minimum Gasteiger partial charge on any atom is -0.386 e. The highest BCUT2D eigenvalue weighted by molar-refractivity contribution is 6.30. The zero-order valence-electron chi connectivity index (χ0n) is 14.1. The van der Waals surface area contributed by atoms with E-state index in [0.717, 1.165) is 5.56 Å². The van der Waals surface area contributed by atoms with Gasteiger partial charge in [0.05, 0.1) is 11.0 Å². The van der Waals surface area contributed by atoms with Gasteiger partial charge < -0.3 is 5.11 Å². The Labute approximate surface area is 150 Å². The minimum absolute atomic E-state index is 0.363. The van der Waals surface area contributed by atoms with Crippen molar-refractivity contribution in [2.45, 2.75) is 43.9 Å². The predicted octanol–water partition coefficient (Wildman–Crippen LogP) is 4.03. The van der Waals surface area contributed by atoms with E-state index in [9.17, 15) is 9.50 Å². The standard InChI is InChI=1S/C19H19ClFN3O/c1-18(2,25)15-4-3-9-24-16(15)22-23-17(24)19(10-14(21)11-19)12-5-7-13(20)8-6-12/h3-9,14,25H,10-11H2,1-2H3/t14-,19-. The van der Waals surface area contributed by atoms with Crippen molar-refractivity contribution in [2.24, 2.45) is 0 Å². The Bertz CT molecular complexity index is 924. The van der Waals surface area contributed by atoms with Crippen LogP contribution in [-0.2, 0) is 11.0 Å². The van der Waals surface area contributed by atoms with Crippen LogP contribution < -0.4 is 0 Å². The van der Waals surface area contributed by atoms with Gasteiger partial charge in [0.2, 0.25) is 0 Å². The van der Waals surface area contributed by atoms with Crippen LogP contribution in [0, 0.1) is 0 Å². The molecule has 0 unspecified atom stereocenters. The molecule has 0 saturated heterocycles. The van der Waals surface area contributed by atoms with Crippen LogP contribution in [0.15, 0.2) is 42.6 Å². The van der Waals surface area contributed by atoms with Gasteiger partial charge in [-0.05, 0) is 50.5 Å². The van der Waals surface area contributed by atoms with Crippen molar-refractivity contribution in [3.8, 4) is 0 Å². The highest BCUT2D eigenvalue weighted by Crippen LogP contribution is 2.50. The Morgan fingerprint density at radius 3 is 2.48 bits per heavy atom. The molecule has 0 bridgehead atoms. The van der Waals surface area contributed by atoms with Gasteiger partial charge in [-0.3, -0.25) is 4.40 Å². The molecule has 1 N–H and O–H groups in total. The Hall–Kier alpha value is -1.98. The number of halogens is 2. The Kier molecular flexibility index (Phi) is 3.63. The third kappa shape index (κ3) is 2.53. The van der Waals surface area contributed by atoms with E-state index in [2.05, 4.69) is 10.2 Å². The topological polar surface area (TPSA) is 50.4 Å². The molecule has 25 heavy (non-hydrogen) atoms. The van der Waals surface area contributed by atoms with E-state index in [1.54, 1.807) is 13.8 Å². The summed E-state index contributed by atoms with van der Waals surface area (Å²) in [4.78, 5) is 0. The van der Waals surface area contributed by atoms with Crippen LogP contribution in [0.4, 0.5) is 4.39 Å². The molecule has 0 aliphatic heterocycles. The number of hydrogen-bond donors (Lipinski definition) is 1. The van der Waals surface area contributed by atoms with Crippen molar-refractivity contribution in [2.75, 3.05) is 0 Å². The van der Waals surface area contributed by atoms with E-state index in [0.29, 0.717) is 34.9 Å². The monoisotopic (exact) mass is 359 g/mol. The number of pyridine rings is 1. The number of rotatable bonds is 3. The van der Waals surface area contributed by atoms with Crippen molar-refractivity contribution < 1.29 is 9.50 Å².